The van der Waals surface area contributed by atoms with Crippen molar-refractivity contribution in [2.75, 3.05) is 0 Å². The summed E-state index contributed by atoms with van der Waals surface area (Å²) in [5.74, 6) is -0.648. The Bertz CT molecular complexity index is 688. The third-order valence-corrected chi connectivity index (χ3v) is 5.44. The van der Waals surface area contributed by atoms with Gasteiger partial charge in [-0.1, -0.05) is 0 Å². The number of aromatic carboxylic acids is 1. The van der Waals surface area contributed by atoms with Gasteiger partial charge in [0.05, 0.1) is 6.54 Å². The molecule has 2 rings (SSSR count). The van der Waals surface area contributed by atoms with Gasteiger partial charge in [-0.05, 0) is 18.6 Å². The minimum absolute atomic E-state index is 0.0195. The molecule has 0 amide bonds. The number of carboxylic acids is 1. The molecule has 7 nitrogen and oxygen atoms in total. The van der Waals surface area contributed by atoms with Gasteiger partial charge in [0.2, 0.25) is 10.0 Å². The van der Waals surface area contributed by atoms with Gasteiger partial charge in [-0.15, -0.1) is 11.3 Å². The smallest absolute Gasteiger partial charge is 0.346 e. The highest BCUT2D eigenvalue weighted by Crippen LogP contribution is 2.25. The molecule has 2 heterocycles. The molecule has 9 heteroatoms. The second-order valence-corrected chi connectivity index (χ2v) is 6.79. The van der Waals surface area contributed by atoms with Crippen LogP contribution in [0.4, 0.5) is 0 Å². The summed E-state index contributed by atoms with van der Waals surface area (Å²) in [6.45, 7) is 1.58. The van der Waals surface area contributed by atoms with E-state index in [1.165, 1.54) is 12.3 Å². The van der Waals surface area contributed by atoms with Crippen LogP contribution in [0.15, 0.2) is 22.7 Å². The average Bonchev–Trinajstić information content (AvgIpc) is 2.95. The van der Waals surface area contributed by atoms with E-state index in [2.05, 4.69) is 14.7 Å². The van der Waals surface area contributed by atoms with Crippen molar-refractivity contribution in [2.24, 2.45) is 0 Å². The minimum atomic E-state index is -3.73. The van der Waals surface area contributed by atoms with Crippen LogP contribution < -0.4 is 4.72 Å². The summed E-state index contributed by atoms with van der Waals surface area (Å²) in [7, 11) is -3.73. The first-order valence-corrected chi connectivity index (χ1v) is 7.52. The molecule has 0 unspecified atom stereocenters. The van der Waals surface area contributed by atoms with Gasteiger partial charge >= 0.3 is 5.97 Å². The highest BCUT2D eigenvalue weighted by atomic mass is 32.2. The van der Waals surface area contributed by atoms with Crippen molar-refractivity contribution in [3.63, 3.8) is 0 Å². The number of thiophene rings is 1. The van der Waals surface area contributed by atoms with Crippen LogP contribution in [0.5, 0.6) is 0 Å². The molecule has 0 bridgehead atoms. The van der Waals surface area contributed by atoms with Gasteiger partial charge in [-0.25, -0.2) is 22.9 Å². The highest BCUT2D eigenvalue weighted by Gasteiger charge is 2.21. The Labute approximate surface area is 113 Å². The summed E-state index contributed by atoms with van der Waals surface area (Å²) in [6.07, 6.45) is 3.10. The first-order valence-electron chi connectivity index (χ1n) is 5.22. The average molecular weight is 301 g/mol. The van der Waals surface area contributed by atoms with Crippen molar-refractivity contribution < 1.29 is 18.3 Å². The van der Waals surface area contributed by atoms with E-state index in [1.54, 1.807) is 13.1 Å². The molecular weight excluding hydrogens is 290 g/mol. The van der Waals surface area contributed by atoms with Crippen LogP contribution in [-0.2, 0) is 16.6 Å². The van der Waals surface area contributed by atoms with Crippen LogP contribution in [0.2, 0.25) is 0 Å². The van der Waals surface area contributed by atoms with E-state index < -0.39 is 16.0 Å². The van der Waals surface area contributed by atoms with E-state index in [4.69, 9.17) is 5.11 Å². The van der Waals surface area contributed by atoms with Gasteiger partial charge in [0.25, 0.3) is 0 Å². The first kappa shape index (κ1) is 13.7. The standard InChI is InChI=1S/C10H11N3O4S2/c1-6-4-8(18-9(6)10(14)15)19(16,17)13-5-7-11-2-3-12-7/h2-4,13H,5H2,1H3,(H,11,12)(H,14,15). The van der Waals surface area contributed by atoms with Crippen LogP contribution in [0, 0.1) is 6.92 Å². The number of hydrogen-bond acceptors (Lipinski definition) is 5. The molecule has 19 heavy (non-hydrogen) atoms. The van der Waals surface area contributed by atoms with Crippen LogP contribution in [0.3, 0.4) is 0 Å². The van der Waals surface area contributed by atoms with E-state index in [-0.39, 0.29) is 15.6 Å². The van der Waals surface area contributed by atoms with Gasteiger partial charge in [-0.3, -0.25) is 0 Å². The van der Waals surface area contributed by atoms with Gasteiger partial charge in [0, 0.05) is 12.4 Å². The molecule has 0 fully saturated rings. The van der Waals surface area contributed by atoms with E-state index in [0.29, 0.717) is 11.4 Å². The number of imidazole rings is 1. The fourth-order valence-corrected chi connectivity index (χ4v) is 3.84. The zero-order chi connectivity index (χ0) is 14.0. The lowest BCUT2D eigenvalue weighted by Crippen LogP contribution is -2.23. The Morgan fingerprint density at radius 1 is 1.58 bits per heavy atom. The summed E-state index contributed by atoms with van der Waals surface area (Å²) in [5, 5.41) is 8.91. The molecule has 0 radical (unpaired) electrons. The maximum atomic E-state index is 12.0. The Hall–Kier alpha value is -1.71. The van der Waals surface area contributed by atoms with E-state index in [9.17, 15) is 13.2 Å². The Morgan fingerprint density at radius 3 is 2.84 bits per heavy atom. The van der Waals surface area contributed by atoms with Crippen LogP contribution >= 0.6 is 11.3 Å². The number of nitrogens with zero attached hydrogens (tertiary/aromatic N) is 1. The summed E-state index contributed by atoms with van der Waals surface area (Å²) >= 11 is 0.731. The molecule has 2 aromatic heterocycles. The number of hydrogen-bond donors (Lipinski definition) is 3. The number of aromatic amines is 1. The van der Waals surface area contributed by atoms with E-state index >= 15 is 0 Å². The van der Waals surface area contributed by atoms with Crippen molar-refractivity contribution >= 4 is 27.3 Å². The molecule has 3 N–H and O–H groups in total. The maximum absolute atomic E-state index is 12.0. The molecular formula is C10H11N3O4S2. The molecule has 0 spiro atoms. The number of nitrogens with one attached hydrogen (secondary N) is 2. The number of sulfonamides is 1. The van der Waals surface area contributed by atoms with Gasteiger partial charge < -0.3 is 10.1 Å². The van der Waals surface area contributed by atoms with Gasteiger partial charge in [0.1, 0.15) is 14.9 Å². The molecule has 0 saturated carbocycles. The monoisotopic (exact) mass is 301 g/mol. The quantitative estimate of drug-likeness (QED) is 0.761. The van der Waals surface area contributed by atoms with E-state index in [0.717, 1.165) is 11.3 Å². The first-order chi connectivity index (χ1) is 8.90. The third-order valence-electron chi connectivity index (χ3n) is 2.34. The van der Waals surface area contributed by atoms with Crippen LogP contribution in [0.1, 0.15) is 21.1 Å². The molecule has 0 aliphatic rings. The number of carbonyl (C=O) groups is 1. The van der Waals surface area contributed by atoms with E-state index in [1.807, 2.05) is 0 Å². The van der Waals surface area contributed by atoms with Crippen molar-refractivity contribution in [1.29, 1.82) is 0 Å². The second-order valence-electron chi connectivity index (χ2n) is 3.74. The predicted molar refractivity (Wildman–Crippen MR) is 68.6 cm³/mol. The van der Waals surface area contributed by atoms with Crippen molar-refractivity contribution in [2.45, 2.75) is 17.7 Å². The zero-order valence-electron chi connectivity index (χ0n) is 9.87. The van der Waals surface area contributed by atoms with Gasteiger partial charge in [0.15, 0.2) is 0 Å². The number of aryl methyl sites for hydroxylation is 1. The van der Waals surface area contributed by atoms with Crippen LogP contribution in [0.25, 0.3) is 0 Å². The summed E-state index contributed by atoms with van der Waals surface area (Å²) in [4.78, 5) is 17.6. The molecule has 102 valence electrons. The SMILES string of the molecule is Cc1cc(S(=O)(=O)NCc2ncc[nH]2)sc1C(=O)O. The minimum Gasteiger partial charge on any atom is -0.477 e. The topological polar surface area (TPSA) is 112 Å². The predicted octanol–water partition coefficient (Wildman–Crippen LogP) is 0.956. The summed E-state index contributed by atoms with van der Waals surface area (Å²) in [5.41, 5.74) is 0.427. The van der Waals surface area contributed by atoms with Crippen LogP contribution in [-0.4, -0.2) is 29.5 Å². The van der Waals surface area contributed by atoms with Crippen molar-refractivity contribution in [3.8, 4) is 0 Å². The molecule has 0 saturated heterocycles. The fraction of sp³-hybridized carbons (Fsp3) is 0.200. The Kier molecular flexibility index (Phi) is 3.69. The molecule has 0 aliphatic carbocycles. The number of aromatic nitrogens is 2. The number of rotatable bonds is 5. The highest BCUT2D eigenvalue weighted by molar-refractivity contribution is 7.91. The number of carboxylic acid groups (broad SMARTS) is 1. The lowest BCUT2D eigenvalue weighted by molar-refractivity contribution is 0.0701. The largest absolute Gasteiger partial charge is 0.477 e. The fourth-order valence-electron chi connectivity index (χ4n) is 1.43. The second kappa shape index (κ2) is 5.11. The van der Waals surface area contributed by atoms with Crippen molar-refractivity contribution in [3.05, 3.63) is 34.7 Å². The maximum Gasteiger partial charge on any atom is 0.346 e. The normalized spacial score (nSPS) is 11.6. The molecule has 2 aromatic rings. The summed E-state index contributed by atoms with van der Waals surface area (Å²) in [6, 6.07) is 1.35. The zero-order valence-corrected chi connectivity index (χ0v) is 11.5. The van der Waals surface area contributed by atoms with Gasteiger partial charge in [-0.2, -0.15) is 0 Å². The molecule has 0 atom stereocenters. The molecule has 0 aliphatic heterocycles. The third kappa shape index (κ3) is 3.00. The number of H-pyrrole nitrogens is 1. The summed E-state index contributed by atoms with van der Waals surface area (Å²) < 4.78 is 26.3. The Balaban J connectivity index is 2.20. The lowest BCUT2D eigenvalue weighted by Gasteiger charge is -2.02. The lowest BCUT2D eigenvalue weighted by atomic mass is 10.3. The van der Waals surface area contributed by atoms with Crippen molar-refractivity contribution in [1.82, 2.24) is 14.7 Å². The molecule has 0 aromatic carbocycles. The Morgan fingerprint density at radius 2 is 2.32 bits per heavy atom.